The van der Waals surface area contributed by atoms with Gasteiger partial charge in [0.2, 0.25) is 0 Å². The highest BCUT2D eigenvalue weighted by Gasteiger charge is 2.18. The normalized spacial score (nSPS) is 13.1. The van der Waals surface area contributed by atoms with Gasteiger partial charge in [0.15, 0.2) is 0 Å². The molecular formula is C17H14N2. The molecule has 92 valence electrons. The molecule has 2 aromatic heterocycles. The number of hydrogen-bond acceptors (Lipinski definition) is 1. The fraction of sp³-hybridized carbons (Fsp3) is 0.118. The molecule has 4 rings (SSSR count). The van der Waals surface area contributed by atoms with E-state index in [-0.39, 0.29) is 0 Å². The number of fused-ring (bicyclic) bond motifs is 5. The van der Waals surface area contributed by atoms with E-state index in [1.54, 1.807) is 0 Å². The first-order valence-corrected chi connectivity index (χ1v) is 6.56. The second-order valence-corrected chi connectivity index (χ2v) is 4.94. The van der Waals surface area contributed by atoms with Gasteiger partial charge in [0, 0.05) is 29.2 Å². The van der Waals surface area contributed by atoms with E-state index in [1.807, 2.05) is 12.3 Å². The Hall–Kier alpha value is -2.35. The van der Waals surface area contributed by atoms with E-state index in [0.717, 1.165) is 12.2 Å². The third kappa shape index (κ3) is 1.40. The minimum Gasteiger partial charge on any atom is -0.336 e. The molecule has 0 radical (unpaired) electrons. The van der Waals surface area contributed by atoms with Gasteiger partial charge in [0.25, 0.3) is 0 Å². The van der Waals surface area contributed by atoms with E-state index in [0.29, 0.717) is 0 Å². The van der Waals surface area contributed by atoms with Crippen molar-refractivity contribution in [2.75, 3.05) is 0 Å². The van der Waals surface area contributed by atoms with Crippen LogP contribution in [0.5, 0.6) is 0 Å². The molecule has 0 atom stereocenters. The summed E-state index contributed by atoms with van der Waals surface area (Å²) in [5.41, 5.74) is 6.23. The number of nitrogens with zero attached hydrogens (tertiary/aromatic N) is 2. The molecule has 1 aliphatic heterocycles. The van der Waals surface area contributed by atoms with Gasteiger partial charge >= 0.3 is 0 Å². The van der Waals surface area contributed by atoms with Crippen molar-refractivity contribution in [2.24, 2.45) is 0 Å². The summed E-state index contributed by atoms with van der Waals surface area (Å²) in [4.78, 5) is 4.49. The van der Waals surface area contributed by atoms with Crippen LogP contribution in [0, 0.1) is 6.92 Å². The Bertz CT molecular complexity index is 809. The van der Waals surface area contributed by atoms with Crippen LogP contribution in [-0.4, -0.2) is 9.55 Å². The highest BCUT2D eigenvalue weighted by Crippen LogP contribution is 2.36. The van der Waals surface area contributed by atoms with Crippen LogP contribution in [-0.2, 0) is 6.54 Å². The smallest absolute Gasteiger partial charge is 0.0720 e. The molecule has 0 bridgehead atoms. The predicted octanol–water partition coefficient (Wildman–Crippen LogP) is 4.04. The van der Waals surface area contributed by atoms with E-state index in [4.69, 9.17) is 0 Å². The number of hydrogen-bond donors (Lipinski definition) is 0. The van der Waals surface area contributed by atoms with Crippen molar-refractivity contribution in [3.63, 3.8) is 0 Å². The lowest BCUT2D eigenvalue weighted by atomic mass is 10.1. The lowest BCUT2D eigenvalue weighted by Crippen LogP contribution is -1.97. The molecule has 2 nitrogen and oxygen atoms in total. The van der Waals surface area contributed by atoms with Gasteiger partial charge in [-0.2, -0.15) is 0 Å². The molecule has 0 amide bonds. The molecule has 0 saturated heterocycles. The fourth-order valence-electron chi connectivity index (χ4n) is 3.03. The molecule has 1 aliphatic rings. The van der Waals surface area contributed by atoms with Crippen molar-refractivity contribution in [2.45, 2.75) is 13.5 Å². The first-order chi connectivity index (χ1) is 9.36. The first kappa shape index (κ1) is 10.6. The number of rotatable bonds is 0. The SMILES string of the molecule is Cc1c2n(c3ccccc13)CC=Cc1ncccc1-2. The van der Waals surface area contributed by atoms with Crippen LogP contribution in [0.25, 0.3) is 28.2 Å². The van der Waals surface area contributed by atoms with Crippen molar-refractivity contribution >= 4 is 17.0 Å². The van der Waals surface area contributed by atoms with Crippen LogP contribution in [0.1, 0.15) is 11.3 Å². The lowest BCUT2D eigenvalue weighted by Gasteiger charge is -2.08. The fourth-order valence-corrected chi connectivity index (χ4v) is 3.03. The summed E-state index contributed by atoms with van der Waals surface area (Å²) in [5, 5.41) is 1.34. The summed E-state index contributed by atoms with van der Waals surface area (Å²) < 4.78 is 2.38. The average Bonchev–Trinajstić information content (AvgIpc) is 2.62. The summed E-state index contributed by atoms with van der Waals surface area (Å²) in [6, 6.07) is 12.8. The van der Waals surface area contributed by atoms with Crippen molar-refractivity contribution in [1.82, 2.24) is 9.55 Å². The minimum atomic E-state index is 0.903. The highest BCUT2D eigenvalue weighted by atomic mass is 15.0. The number of allylic oxidation sites excluding steroid dienone is 1. The van der Waals surface area contributed by atoms with Crippen LogP contribution in [0.2, 0.25) is 0 Å². The average molecular weight is 246 g/mol. The maximum absolute atomic E-state index is 4.49. The van der Waals surface area contributed by atoms with E-state index in [2.05, 4.69) is 59.0 Å². The summed E-state index contributed by atoms with van der Waals surface area (Å²) in [6.07, 6.45) is 6.17. The van der Waals surface area contributed by atoms with Gasteiger partial charge < -0.3 is 4.57 Å². The highest BCUT2D eigenvalue weighted by molar-refractivity contribution is 5.93. The third-order valence-corrected chi connectivity index (χ3v) is 3.88. The largest absolute Gasteiger partial charge is 0.336 e. The maximum Gasteiger partial charge on any atom is 0.0720 e. The Balaban J connectivity index is 2.18. The summed E-state index contributed by atoms with van der Waals surface area (Å²) >= 11 is 0. The van der Waals surface area contributed by atoms with Crippen molar-refractivity contribution in [3.05, 3.63) is 59.9 Å². The number of pyridine rings is 1. The van der Waals surface area contributed by atoms with Crippen molar-refractivity contribution in [3.8, 4) is 11.3 Å². The van der Waals surface area contributed by atoms with Crippen LogP contribution >= 0.6 is 0 Å². The molecule has 0 saturated carbocycles. The van der Waals surface area contributed by atoms with E-state index in [1.165, 1.54) is 27.7 Å². The van der Waals surface area contributed by atoms with Crippen molar-refractivity contribution < 1.29 is 0 Å². The van der Waals surface area contributed by atoms with Gasteiger partial charge in [0.05, 0.1) is 11.4 Å². The number of para-hydroxylation sites is 1. The molecule has 0 N–H and O–H groups in total. The molecule has 3 heterocycles. The molecule has 0 unspecified atom stereocenters. The van der Waals surface area contributed by atoms with Crippen LogP contribution in [0.4, 0.5) is 0 Å². The quantitative estimate of drug-likeness (QED) is 0.585. The van der Waals surface area contributed by atoms with Gasteiger partial charge in [-0.05, 0) is 36.8 Å². The Morgan fingerprint density at radius 1 is 1.11 bits per heavy atom. The Morgan fingerprint density at radius 2 is 2.00 bits per heavy atom. The van der Waals surface area contributed by atoms with E-state index >= 15 is 0 Å². The molecule has 0 fully saturated rings. The second-order valence-electron chi connectivity index (χ2n) is 4.94. The molecule has 3 aromatic rings. The predicted molar refractivity (Wildman–Crippen MR) is 78.9 cm³/mol. The van der Waals surface area contributed by atoms with Crippen LogP contribution in [0.15, 0.2) is 48.7 Å². The number of aromatic nitrogens is 2. The molecule has 1 aromatic carbocycles. The van der Waals surface area contributed by atoms with Crippen LogP contribution in [0.3, 0.4) is 0 Å². The summed E-state index contributed by atoms with van der Waals surface area (Å²) in [5.74, 6) is 0. The summed E-state index contributed by atoms with van der Waals surface area (Å²) in [7, 11) is 0. The molecule has 0 aliphatic carbocycles. The zero-order chi connectivity index (χ0) is 12.8. The monoisotopic (exact) mass is 246 g/mol. The van der Waals surface area contributed by atoms with Crippen molar-refractivity contribution in [1.29, 1.82) is 0 Å². The molecular weight excluding hydrogens is 232 g/mol. The molecule has 19 heavy (non-hydrogen) atoms. The number of aryl methyl sites for hydroxylation is 1. The Kier molecular flexibility index (Phi) is 2.12. The van der Waals surface area contributed by atoms with Gasteiger partial charge in [-0.1, -0.05) is 24.3 Å². The molecule has 2 heteroatoms. The van der Waals surface area contributed by atoms with E-state index < -0.39 is 0 Å². The summed E-state index contributed by atoms with van der Waals surface area (Å²) in [6.45, 7) is 3.11. The third-order valence-electron chi connectivity index (χ3n) is 3.88. The lowest BCUT2D eigenvalue weighted by molar-refractivity contribution is 0.876. The number of benzene rings is 1. The molecule has 0 spiro atoms. The van der Waals surface area contributed by atoms with E-state index in [9.17, 15) is 0 Å². The zero-order valence-corrected chi connectivity index (χ0v) is 10.8. The second kappa shape index (κ2) is 3.82. The van der Waals surface area contributed by atoms with Crippen LogP contribution < -0.4 is 0 Å². The van der Waals surface area contributed by atoms with Gasteiger partial charge in [-0.15, -0.1) is 0 Å². The minimum absolute atomic E-state index is 0.903. The Labute approximate surface area is 112 Å². The Morgan fingerprint density at radius 3 is 2.95 bits per heavy atom. The van der Waals surface area contributed by atoms with Gasteiger partial charge in [0.1, 0.15) is 0 Å². The van der Waals surface area contributed by atoms with Gasteiger partial charge in [-0.3, -0.25) is 4.98 Å². The topological polar surface area (TPSA) is 17.8 Å². The van der Waals surface area contributed by atoms with Gasteiger partial charge in [-0.25, -0.2) is 0 Å². The zero-order valence-electron chi connectivity index (χ0n) is 10.8. The standard InChI is InChI=1S/C17H14N2/c1-12-13-6-2-3-9-16(13)19-11-5-8-15-14(17(12)19)7-4-10-18-15/h2-10H,11H2,1H3. The maximum atomic E-state index is 4.49. The first-order valence-electron chi connectivity index (χ1n) is 6.56.